The zero-order valence-electron chi connectivity index (χ0n) is 10.7. The molecule has 0 aliphatic carbocycles. The SMILES string of the molecule is O=C(O)c1cccc(-c2nnc(-c3ccc(Br)cc3)o2)c1. The lowest BCUT2D eigenvalue weighted by Gasteiger charge is -1.97. The molecule has 6 heteroatoms. The molecule has 0 spiro atoms. The molecule has 0 bridgehead atoms. The first-order chi connectivity index (χ1) is 10.1. The van der Waals surface area contributed by atoms with Gasteiger partial charge in [-0.05, 0) is 42.5 Å². The summed E-state index contributed by atoms with van der Waals surface area (Å²) in [4.78, 5) is 11.0. The Bertz CT molecular complexity index is 797. The second-order valence-corrected chi connectivity index (χ2v) is 5.22. The molecule has 3 aromatic rings. The molecule has 5 nitrogen and oxygen atoms in total. The van der Waals surface area contributed by atoms with E-state index in [4.69, 9.17) is 9.52 Å². The third kappa shape index (κ3) is 2.85. The Balaban J connectivity index is 1.96. The first-order valence-corrected chi connectivity index (χ1v) is 6.86. The van der Waals surface area contributed by atoms with E-state index in [1.54, 1.807) is 12.1 Å². The molecule has 0 aliphatic rings. The molecular weight excluding hydrogens is 336 g/mol. The fourth-order valence-electron chi connectivity index (χ4n) is 1.83. The van der Waals surface area contributed by atoms with Gasteiger partial charge in [0.1, 0.15) is 0 Å². The molecule has 0 fully saturated rings. The van der Waals surface area contributed by atoms with Crippen molar-refractivity contribution in [3.8, 4) is 22.9 Å². The van der Waals surface area contributed by atoms with E-state index in [9.17, 15) is 4.79 Å². The van der Waals surface area contributed by atoms with Crippen molar-refractivity contribution in [3.05, 3.63) is 58.6 Å². The highest BCUT2D eigenvalue weighted by Crippen LogP contribution is 2.25. The van der Waals surface area contributed by atoms with E-state index in [2.05, 4.69) is 26.1 Å². The second-order valence-electron chi connectivity index (χ2n) is 4.31. The van der Waals surface area contributed by atoms with Gasteiger partial charge in [0.15, 0.2) is 0 Å². The van der Waals surface area contributed by atoms with Crippen molar-refractivity contribution < 1.29 is 14.3 Å². The van der Waals surface area contributed by atoms with Crippen LogP contribution < -0.4 is 0 Å². The maximum absolute atomic E-state index is 11.0. The molecule has 3 rings (SSSR count). The van der Waals surface area contributed by atoms with E-state index in [1.165, 1.54) is 12.1 Å². The number of carboxylic acids is 1. The van der Waals surface area contributed by atoms with Gasteiger partial charge in [0.05, 0.1) is 5.56 Å². The van der Waals surface area contributed by atoms with E-state index >= 15 is 0 Å². The van der Waals surface area contributed by atoms with Gasteiger partial charge < -0.3 is 9.52 Å². The van der Waals surface area contributed by atoms with Crippen LogP contribution >= 0.6 is 15.9 Å². The monoisotopic (exact) mass is 344 g/mol. The van der Waals surface area contributed by atoms with Gasteiger partial charge >= 0.3 is 5.97 Å². The molecular formula is C15H9BrN2O3. The summed E-state index contributed by atoms with van der Waals surface area (Å²) < 4.78 is 6.56. The first-order valence-electron chi connectivity index (χ1n) is 6.06. The van der Waals surface area contributed by atoms with Crippen LogP contribution in [0.1, 0.15) is 10.4 Å². The molecule has 2 aromatic carbocycles. The molecule has 1 aromatic heterocycles. The summed E-state index contributed by atoms with van der Waals surface area (Å²) in [6.07, 6.45) is 0. The Kier molecular flexibility index (Phi) is 3.53. The van der Waals surface area contributed by atoms with Gasteiger partial charge in [-0.2, -0.15) is 0 Å². The maximum Gasteiger partial charge on any atom is 0.335 e. The summed E-state index contributed by atoms with van der Waals surface area (Å²) in [6.45, 7) is 0. The number of hydrogen-bond donors (Lipinski definition) is 1. The highest BCUT2D eigenvalue weighted by molar-refractivity contribution is 9.10. The number of carbonyl (C=O) groups is 1. The zero-order chi connectivity index (χ0) is 14.8. The van der Waals surface area contributed by atoms with Crippen LogP contribution in [-0.4, -0.2) is 21.3 Å². The molecule has 0 atom stereocenters. The molecule has 0 saturated carbocycles. The highest BCUT2D eigenvalue weighted by atomic mass is 79.9. The molecule has 0 radical (unpaired) electrons. The van der Waals surface area contributed by atoms with E-state index in [0.717, 1.165) is 10.0 Å². The first kappa shape index (κ1) is 13.5. The zero-order valence-corrected chi connectivity index (χ0v) is 12.2. The van der Waals surface area contributed by atoms with Gasteiger partial charge in [-0.15, -0.1) is 10.2 Å². The average Bonchev–Trinajstić information content (AvgIpc) is 2.98. The van der Waals surface area contributed by atoms with Crippen molar-refractivity contribution >= 4 is 21.9 Å². The van der Waals surface area contributed by atoms with Crippen LogP contribution in [0.15, 0.2) is 57.4 Å². The van der Waals surface area contributed by atoms with E-state index in [-0.39, 0.29) is 11.5 Å². The molecule has 104 valence electrons. The second kappa shape index (κ2) is 5.49. The molecule has 0 saturated heterocycles. The summed E-state index contributed by atoms with van der Waals surface area (Å²) in [6, 6.07) is 13.9. The van der Waals surface area contributed by atoms with Crippen molar-refractivity contribution in [2.75, 3.05) is 0 Å². The van der Waals surface area contributed by atoms with Crippen molar-refractivity contribution in [3.63, 3.8) is 0 Å². The van der Waals surface area contributed by atoms with Crippen LogP contribution in [0.2, 0.25) is 0 Å². The van der Waals surface area contributed by atoms with Crippen LogP contribution in [0.5, 0.6) is 0 Å². The molecule has 0 aliphatic heterocycles. The Morgan fingerprint density at radius 1 is 1.00 bits per heavy atom. The Morgan fingerprint density at radius 3 is 2.33 bits per heavy atom. The number of aromatic carboxylic acids is 1. The van der Waals surface area contributed by atoms with Crippen LogP contribution in [-0.2, 0) is 0 Å². The summed E-state index contributed by atoms with van der Waals surface area (Å²) in [7, 11) is 0. The predicted molar refractivity (Wildman–Crippen MR) is 79.8 cm³/mol. The van der Waals surface area contributed by atoms with Gasteiger partial charge in [0, 0.05) is 15.6 Å². The Morgan fingerprint density at radius 2 is 1.67 bits per heavy atom. The third-order valence-electron chi connectivity index (χ3n) is 2.87. The van der Waals surface area contributed by atoms with Crippen molar-refractivity contribution in [1.82, 2.24) is 10.2 Å². The summed E-state index contributed by atoms with van der Waals surface area (Å²) >= 11 is 3.36. The molecule has 21 heavy (non-hydrogen) atoms. The van der Waals surface area contributed by atoms with Gasteiger partial charge in [0.2, 0.25) is 11.8 Å². The number of rotatable bonds is 3. The molecule has 0 unspecified atom stereocenters. The molecule has 1 N–H and O–H groups in total. The topological polar surface area (TPSA) is 76.2 Å². The highest BCUT2D eigenvalue weighted by Gasteiger charge is 2.12. The minimum atomic E-state index is -0.996. The predicted octanol–water partition coefficient (Wildman–Crippen LogP) is 3.86. The lowest BCUT2D eigenvalue weighted by atomic mass is 10.1. The number of aromatic nitrogens is 2. The normalized spacial score (nSPS) is 10.5. The van der Waals surface area contributed by atoms with E-state index in [1.807, 2.05) is 24.3 Å². The van der Waals surface area contributed by atoms with Crippen molar-refractivity contribution in [2.45, 2.75) is 0 Å². The largest absolute Gasteiger partial charge is 0.478 e. The van der Waals surface area contributed by atoms with E-state index < -0.39 is 5.97 Å². The molecule has 1 heterocycles. The van der Waals surface area contributed by atoms with E-state index in [0.29, 0.717) is 11.5 Å². The Hall–Kier alpha value is -2.47. The lowest BCUT2D eigenvalue weighted by molar-refractivity contribution is 0.0697. The van der Waals surface area contributed by atoms with Gasteiger partial charge in [0.25, 0.3) is 0 Å². The number of halogens is 1. The fourth-order valence-corrected chi connectivity index (χ4v) is 2.10. The number of nitrogens with zero attached hydrogens (tertiary/aromatic N) is 2. The van der Waals surface area contributed by atoms with Gasteiger partial charge in [-0.1, -0.05) is 22.0 Å². The average molecular weight is 345 g/mol. The number of carboxylic acid groups (broad SMARTS) is 1. The van der Waals surface area contributed by atoms with Crippen molar-refractivity contribution in [2.24, 2.45) is 0 Å². The third-order valence-corrected chi connectivity index (χ3v) is 3.40. The minimum Gasteiger partial charge on any atom is -0.478 e. The maximum atomic E-state index is 11.0. The lowest BCUT2D eigenvalue weighted by Crippen LogP contribution is -1.95. The summed E-state index contributed by atoms with van der Waals surface area (Å²) in [5.41, 5.74) is 1.55. The van der Waals surface area contributed by atoms with Crippen LogP contribution in [0, 0.1) is 0 Å². The number of hydrogen-bond acceptors (Lipinski definition) is 4. The van der Waals surface area contributed by atoms with Crippen molar-refractivity contribution in [1.29, 1.82) is 0 Å². The van der Waals surface area contributed by atoms with Crippen LogP contribution in [0.3, 0.4) is 0 Å². The summed E-state index contributed by atoms with van der Waals surface area (Å²) in [5.74, 6) is -0.321. The van der Waals surface area contributed by atoms with Gasteiger partial charge in [-0.3, -0.25) is 0 Å². The van der Waals surface area contributed by atoms with Crippen LogP contribution in [0.4, 0.5) is 0 Å². The minimum absolute atomic E-state index is 0.177. The number of benzene rings is 2. The Labute approximate surface area is 128 Å². The van der Waals surface area contributed by atoms with Crippen LogP contribution in [0.25, 0.3) is 22.9 Å². The fraction of sp³-hybridized carbons (Fsp3) is 0. The quantitative estimate of drug-likeness (QED) is 0.780. The summed E-state index contributed by atoms with van der Waals surface area (Å²) in [5, 5.41) is 16.9. The smallest absolute Gasteiger partial charge is 0.335 e. The molecule has 0 amide bonds. The standard InChI is InChI=1S/C15H9BrN2O3/c16-12-6-4-9(5-7-12)13-17-18-14(21-13)10-2-1-3-11(8-10)15(19)20/h1-8H,(H,19,20). The van der Waals surface area contributed by atoms with Gasteiger partial charge in [-0.25, -0.2) is 4.79 Å².